The van der Waals surface area contributed by atoms with Gasteiger partial charge in [0.1, 0.15) is 0 Å². The van der Waals surface area contributed by atoms with Gasteiger partial charge in [-0.3, -0.25) is 4.79 Å². The smallest absolute Gasteiger partial charge is 0.223 e. The molecule has 2 atom stereocenters. The number of nitrogens with zero attached hydrogens (tertiary/aromatic N) is 1. The molecule has 0 spiro atoms. The van der Waals surface area contributed by atoms with E-state index in [1.807, 2.05) is 4.90 Å². The van der Waals surface area contributed by atoms with E-state index >= 15 is 0 Å². The van der Waals surface area contributed by atoms with Gasteiger partial charge in [-0.05, 0) is 38.0 Å². The predicted octanol–water partition coefficient (Wildman–Crippen LogP) is 1.98. The van der Waals surface area contributed by atoms with Crippen LogP contribution in [0.4, 0.5) is 4.39 Å². The number of hydrogen-bond acceptors (Lipinski definition) is 3. The molecule has 0 unspecified atom stereocenters. The van der Waals surface area contributed by atoms with Crippen LogP contribution in [0.2, 0.25) is 0 Å². The van der Waals surface area contributed by atoms with Gasteiger partial charge in [-0.1, -0.05) is 6.07 Å². The summed E-state index contributed by atoms with van der Waals surface area (Å²) in [5.41, 5.74) is 0.817. The average Bonchev–Trinajstić information content (AvgIpc) is 2.43. The third-order valence-corrected chi connectivity index (χ3v) is 3.75. The predicted molar refractivity (Wildman–Crippen MR) is 79.9 cm³/mol. The van der Waals surface area contributed by atoms with Gasteiger partial charge in [-0.15, -0.1) is 0 Å². The number of benzene rings is 1. The van der Waals surface area contributed by atoms with Crippen molar-refractivity contribution in [2.24, 2.45) is 0 Å². The van der Waals surface area contributed by atoms with Crippen molar-refractivity contribution in [3.05, 3.63) is 29.6 Å². The molecule has 1 aliphatic heterocycles. The number of carbonyl (C=O) groups excluding carboxylic acids is 1. The van der Waals surface area contributed by atoms with E-state index in [4.69, 9.17) is 4.74 Å². The van der Waals surface area contributed by atoms with Gasteiger partial charge >= 0.3 is 0 Å². The molecule has 1 N–H and O–H groups in total. The monoisotopic (exact) mass is 294 g/mol. The van der Waals surface area contributed by atoms with Crippen LogP contribution in [0.1, 0.15) is 25.8 Å². The molecule has 21 heavy (non-hydrogen) atoms. The second kappa shape index (κ2) is 6.89. The van der Waals surface area contributed by atoms with E-state index in [9.17, 15) is 9.18 Å². The minimum absolute atomic E-state index is 0.131. The summed E-state index contributed by atoms with van der Waals surface area (Å²) in [5.74, 6) is -0.0203. The molecule has 0 bridgehead atoms. The summed E-state index contributed by atoms with van der Waals surface area (Å²) in [6.07, 6.45) is 0.956. The Morgan fingerprint density at radius 1 is 1.38 bits per heavy atom. The number of carbonyl (C=O) groups is 1. The van der Waals surface area contributed by atoms with Crippen molar-refractivity contribution in [2.75, 3.05) is 20.2 Å². The third kappa shape index (κ3) is 4.17. The number of rotatable bonds is 4. The summed E-state index contributed by atoms with van der Waals surface area (Å²) < 4.78 is 18.5. The molecule has 2 rings (SSSR count). The summed E-state index contributed by atoms with van der Waals surface area (Å²) in [7, 11) is 1.44. The van der Waals surface area contributed by atoms with E-state index in [1.54, 1.807) is 12.1 Å². The summed E-state index contributed by atoms with van der Waals surface area (Å²) in [5, 5.41) is 3.40. The quantitative estimate of drug-likeness (QED) is 0.923. The Hall–Kier alpha value is -1.62. The minimum atomic E-state index is -0.383. The van der Waals surface area contributed by atoms with Crippen molar-refractivity contribution in [2.45, 2.75) is 38.8 Å². The van der Waals surface area contributed by atoms with E-state index < -0.39 is 0 Å². The topological polar surface area (TPSA) is 41.6 Å². The summed E-state index contributed by atoms with van der Waals surface area (Å²) >= 11 is 0. The SMILES string of the molecule is COc1ccc(CCC(=O)N2C[C@H](C)N[C@@H](C)C2)cc1F. The molecule has 1 aromatic carbocycles. The van der Waals surface area contributed by atoms with Crippen LogP contribution in [0, 0.1) is 5.82 Å². The normalized spacial score (nSPS) is 22.2. The van der Waals surface area contributed by atoms with Crippen molar-refractivity contribution >= 4 is 5.91 Å². The highest BCUT2D eigenvalue weighted by atomic mass is 19.1. The minimum Gasteiger partial charge on any atom is -0.494 e. The number of methoxy groups -OCH3 is 1. The lowest BCUT2D eigenvalue weighted by Gasteiger charge is -2.36. The van der Waals surface area contributed by atoms with Gasteiger partial charge in [0.2, 0.25) is 5.91 Å². The second-order valence-electron chi connectivity index (χ2n) is 5.74. The Bertz CT molecular complexity index is 497. The maximum atomic E-state index is 13.6. The van der Waals surface area contributed by atoms with Gasteiger partial charge in [0, 0.05) is 31.6 Å². The van der Waals surface area contributed by atoms with Gasteiger partial charge in [0.25, 0.3) is 0 Å². The molecule has 1 aromatic rings. The molecule has 0 aliphatic carbocycles. The van der Waals surface area contributed by atoms with Crippen molar-refractivity contribution in [1.82, 2.24) is 10.2 Å². The molecule has 0 aromatic heterocycles. The first-order valence-electron chi connectivity index (χ1n) is 7.36. The van der Waals surface area contributed by atoms with Crippen molar-refractivity contribution in [3.8, 4) is 5.75 Å². The molecule has 1 aliphatic rings. The molecule has 0 radical (unpaired) electrons. The van der Waals surface area contributed by atoms with E-state index in [1.165, 1.54) is 13.2 Å². The highest BCUT2D eigenvalue weighted by Gasteiger charge is 2.24. The number of halogens is 1. The Morgan fingerprint density at radius 2 is 2.05 bits per heavy atom. The molecule has 0 saturated carbocycles. The van der Waals surface area contributed by atoms with Crippen LogP contribution in [-0.2, 0) is 11.2 Å². The Labute approximate surface area is 125 Å². The first-order valence-corrected chi connectivity index (χ1v) is 7.36. The molecule has 1 saturated heterocycles. The number of aryl methyl sites for hydroxylation is 1. The Morgan fingerprint density at radius 3 is 2.62 bits per heavy atom. The Balaban J connectivity index is 1.90. The molecular formula is C16H23FN2O2. The molecule has 4 nitrogen and oxygen atoms in total. The molecule has 1 fully saturated rings. The zero-order valence-corrected chi connectivity index (χ0v) is 12.9. The summed E-state index contributed by atoms with van der Waals surface area (Å²) in [6, 6.07) is 5.48. The van der Waals surface area contributed by atoms with Crippen molar-refractivity contribution in [3.63, 3.8) is 0 Å². The number of nitrogens with one attached hydrogen (secondary N) is 1. The van der Waals surface area contributed by atoms with Crippen LogP contribution < -0.4 is 10.1 Å². The van der Waals surface area contributed by atoms with E-state index in [0.717, 1.165) is 18.7 Å². The zero-order valence-electron chi connectivity index (χ0n) is 12.9. The van der Waals surface area contributed by atoms with E-state index in [0.29, 0.717) is 24.9 Å². The Kier molecular flexibility index (Phi) is 5.17. The molecule has 116 valence electrons. The van der Waals surface area contributed by atoms with Gasteiger partial charge < -0.3 is 15.0 Å². The van der Waals surface area contributed by atoms with Crippen molar-refractivity contribution in [1.29, 1.82) is 0 Å². The number of ether oxygens (including phenoxy) is 1. The number of hydrogen-bond donors (Lipinski definition) is 1. The third-order valence-electron chi connectivity index (χ3n) is 3.75. The van der Waals surface area contributed by atoms with Crippen LogP contribution in [0.5, 0.6) is 5.75 Å². The van der Waals surface area contributed by atoms with Crippen LogP contribution >= 0.6 is 0 Å². The average molecular weight is 294 g/mol. The molecule has 1 heterocycles. The number of amides is 1. The van der Waals surface area contributed by atoms with Crippen LogP contribution in [0.25, 0.3) is 0 Å². The maximum Gasteiger partial charge on any atom is 0.223 e. The largest absolute Gasteiger partial charge is 0.494 e. The lowest BCUT2D eigenvalue weighted by Crippen LogP contribution is -2.55. The van der Waals surface area contributed by atoms with E-state index in [2.05, 4.69) is 19.2 Å². The highest BCUT2D eigenvalue weighted by molar-refractivity contribution is 5.76. The van der Waals surface area contributed by atoms with Gasteiger partial charge in [0.15, 0.2) is 11.6 Å². The molecule has 1 amide bonds. The van der Waals surface area contributed by atoms with Gasteiger partial charge in [0.05, 0.1) is 7.11 Å². The molecular weight excluding hydrogens is 271 g/mol. The van der Waals surface area contributed by atoms with Gasteiger partial charge in [-0.2, -0.15) is 0 Å². The van der Waals surface area contributed by atoms with E-state index in [-0.39, 0.29) is 17.5 Å². The summed E-state index contributed by atoms with van der Waals surface area (Å²) in [4.78, 5) is 14.1. The first kappa shape index (κ1) is 15.8. The van der Waals surface area contributed by atoms with Gasteiger partial charge in [-0.25, -0.2) is 4.39 Å². The standard InChI is InChI=1S/C16H23FN2O2/c1-11-9-19(10-12(2)18-11)16(20)7-5-13-4-6-15(21-3)14(17)8-13/h4,6,8,11-12,18H,5,7,9-10H2,1-3H3/t11-,12-/m0/s1. The van der Waals surface area contributed by atoms with Crippen molar-refractivity contribution < 1.29 is 13.9 Å². The lowest BCUT2D eigenvalue weighted by molar-refractivity contribution is -0.132. The fourth-order valence-corrected chi connectivity index (χ4v) is 2.81. The zero-order chi connectivity index (χ0) is 15.4. The molecule has 5 heteroatoms. The number of piperazine rings is 1. The second-order valence-corrected chi connectivity index (χ2v) is 5.74. The van der Waals surface area contributed by atoms with Crippen LogP contribution in [-0.4, -0.2) is 43.1 Å². The first-order chi connectivity index (χ1) is 9.99. The van der Waals surface area contributed by atoms with Crippen LogP contribution in [0.15, 0.2) is 18.2 Å². The summed E-state index contributed by atoms with van der Waals surface area (Å²) in [6.45, 7) is 5.63. The maximum absolute atomic E-state index is 13.6. The highest BCUT2D eigenvalue weighted by Crippen LogP contribution is 2.19. The fraction of sp³-hybridized carbons (Fsp3) is 0.562. The fourth-order valence-electron chi connectivity index (χ4n) is 2.81. The lowest BCUT2D eigenvalue weighted by atomic mass is 10.1. The van der Waals surface area contributed by atoms with Crippen LogP contribution in [0.3, 0.4) is 0 Å².